The van der Waals surface area contributed by atoms with E-state index in [1.54, 1.807) is 0 Å². The van der Waals surface area contributed by atoms with Gasteiger partial charge in [0.25, 0.3) is 0 Å². The molecule has 34 heavy (non-hydrogen) atoms. The molecule has 3 N–H and O–H groups in total. The first kappa shape index (κ1) is 23.2. The monoisotopic (exact) mass is 481 g/mol. The first-order valence-corrected chi connectivity index (χ1v) is 12.7. The van der Waals surface area contributed by atoms with Crippen molar-refractivity contribution in [3.05, 3.63) is 70.0 Å². The summed E-state index contributed by atoms with van der Waals surface area (Å²) in [5, 5.41) is 16.8. The molecule has 1 saturated heterocycles. The lowest BCUT2D eigenvalue weighted by Gasteiger charge is -2.46. The molecule has 1 aromatic rings. The van der Waals surface area contributed by atoms with Crippen LogP contribution in [-0.2, 0) is 16.0 Å². The number of allylic oxidation sites excluding steroid dienone is 1. The third-order valence-electron chi connectivity index (χ3n) is 7.80. The lowest BCUT2D eigenvalue weighted by molar-refractivity contribution is -0.143. The van der Waals surface area contributed by atoms with Gasteiger partial charge in [-0.25, -0.2) is 0 Å². The number of piperidine rings is 1. The summed E-state index contributed by atoms with van der Waals surface area (Å²) in [5.41, 5.74) is 5.02. The number of aliphatic carboxylic acids is 1. The van der Waals surface area contributed by atoms with Crippen molar-refractivity contribution in [2.45, 2.75) is 51.1 Å². The molecule has 7 heteroatoms. The van der Waals surface area contributed by atoms with Crippen LogP contribution in [0, 0.1) is 17.8 Å². The van der Waals surface area contributed by atoms with Crippen LogP contribution in [0.5, 0.6) is 0 Å². The Morgan fingerprint density at radius 3 is 2.59 bits per heavy atom. The summed E-state index contributed by atoms with van der Waals surface area (Å²) in [6.07, 6.45) is 11.4. The van der Waals surface area contributed by atoms with Gasteiger partial charge in [0, 0.05) is 36.9 Å². The first-order valence-electron chi connectivity index (χ1n) is 12.3. The van der Waals surface area contributed by atoms with Gasteiger partial charge in [0.1, 0.15) is 6.17 Å². The van der Waals surface area contributed by atoms with Crippen molar-refractivity contribution in [2.24, 2.45) is 17.8 Å². The Hall–Kier alpha value is -2.57. The number of dihydropyridines is 1. The van der Waals surface area contributed by atoms with E-state index in [1.165, 1.54) is 22.3 Å². The number of carboxylic acid groups (broad SMARTS) is 1. The molecule has 2 atom stereocenters. The van der Waals surface area contributed by atoms with Gasteiger partial charge in [-0.15, -0.1) is 0 Å². The van der Waals surface area contributed by atoms with Crippen LogP contribution in [-0.4, -0.2) is 41.1 Å². The minimum Gasteiger partial charge on any atom is -0.481 e. The van der Waals surface area contributed by atoms with Gasteiger partial charge < -0.3 is 15.3 Å². The summed E-state index contributed by atoms with van der Waals surface area (Å²) < 4.78 is 0. The molecule has 5 rings (SSSR count). The van der Waals surface area contributed by atoms with Gasteiger partial charge >= 0.3 is 5.97 Å². The molecular weight excluding hydrogens is 450 g/mol. The molecule has 2 unspecified atom stereocenters. The Morgan fingerprint density at radius 1 is 1.09 bits per heavy atom. The number of likely N-dealkylation sites (tertiary alicyclic amines) is 1. The Labute approximate surface area is 205 Å². The quantitative estimate of drug-likeness (QED) is 0.586. The summed E-state index contributed by atoms with van der Waals surface area (Å²) >= 11 is 6.08. The molecule has 0 aromatic heterocycles. The molecule has 0 spiro atoms. The Morgan fingerprint density at radius 2 is 1.85 bits per heavy atom. The van der Waals surface area contributed by atoms with Crippen LogP contribution in [0.25, 0.3) is 0 Å². The van der Waals surface area contributed by atoms with Crippen LogP contribution in [0.4, 0.5) is 0 Å². The zero-order valence-electron chi connectivity index (χ0n) is 19.3. The van der Waals surface area contributed by atoms with E-state index < -0.39 is 5.97 Å². The second kappa shape index (κ2) is 9.96. The summed E-state index contributed by atoms with van der Waals surface area (Å²) in [6.45, 7) is 1.46. The molecule has 180 valence electrons. The number of nitrogens with zero attached hydrogens (tertiary/aromatic N) is 1. The molecule has 3 heterocycles. The number of amides is 1. The predicted molar refractivity (Wildman–Crippen MR) is 132 cm³/mol. The van der Waals surface area contributed by atoms with Crippen molar-refractivity contribution < 1.29 is 14.7 Å². The number of carboxylic acids is 1. The van der Waals surface area contributed by atoms with Crippen molar-refractivity contribution in [3.8, 4) is 0 Å². The maximum Gasteiger partial charge on any atom is 0.306 e. The van der Waals surface area contributed by atoms with E-state index in [1.807, 2.05) is 24.5 Å². The molecular formula is C27H32ClN3O3. The van der Waals surface area contributed by atoms with Crippen LogP contribution < -0.4 is 10.6 Å². The predicted octanol–water partition coefficient (Wildman–Crippen LogP) is 4.24. The molecule has 1 saturated carbocycles. The molecule has 4 aliphatic rings. The molecule has 6 nitrogen and oxygen atoms in total. The number of benzene rings is 1. The average molecular weight is 482 g/mol. The van der Waals surface area contributed by atoms with Gasteiger partial charge in [-0.3, -0.25) is 14.9 Å². The molecule has 3 aliphatic heterocycles. The zero-order chi connectivity index (χ0) is 23.7. The van der Waals surface area contributed by atoms with Gasteiger partial charge in [-0.05, 0) is 90.9 Å². The summed E-state index contributed by atoms with van der Waals surface area (Å²) in [7, 11) is 0. The van der Waals surface area contributed by atoms with E-state index in [0.717, 1.165) is 43.8 Å². The van der Waals surface area contributed by atoms with Gasteiger partial charge in [0.15, 0.2) is 0 Å². The maximum atomic E-state index is 13.6. The highest BCUT2D eigenvalue weighted by atomic mass is 35.5. The summed E-state index contributed by atoms with van der Waals surface area (Å²) in [6, 6.07) is 8.01. The number of fused-ring (bicyclic) bond motifs is 2. The number of nitrogens with one attached hydrogen (secondary N) is 2. The molecule has 2 fully saturated rings. The van der Waals surface area contributed by atoms with Gasteiger partial charge in [-0.1, -0.05) is 23.7 Å². The molecule has 1 aliphatic carbocycles. The number of hydrogen-bond donors (Lipinski definition) is 3. The fourth-order valence-corrected chi connectivity index (χ4v) is 6.12. The fourth-order valence-electron chi connectivity index (χ4n) is 5.99. The van der Waals surface area contributed by atoms with Crippen LogP contribution in [0.1, 0.15) is 44.1 Å². The lowest BCUT2D eigenvalue weighted by atomic mass is 9.79. The summed E-state index contributed by atoms with van der Waals surface area (Å²) in [4.78, 5) is 27.0. The van der Waals surface area contributed by atoms with Gasteiger partial charge in [0.05, 0.1) is 5.92 Å². The van der Waals surface area contributed by atoms with Gasteiger partial charge in [-0.2, -0.15) is 0 Å². The second-order valence-corrected chi connectivity index (χ2v) is 10.5. The van der Waals surface area contributed by atoms with Crippen LogP contribution >= 0.6 is 11.6 Å². The third-order valence-corrected chi connectivity index (χ3v) is 8.06. The van der Waals surface area contributed by atoms with E-state index in [-0.39, 0.29) is 23.9 Å². The number of carbonyl (C=O) groups is 2. The van der Waals surface area contributed by atoms with E-state index >= 15 is 0 Å². The Balaban J connectivity index is 1.35. The third kappa shape index (κ3) is 4.93. The molecule has 1 aromatic carbocycles. The standard InChI is InChI=1S/C27H32ClN3O3/c28-22-7-3-17(4-8-22)11-19-12-24-23-9-10-29-14-21(23)15-30-26(24)31(16-19)25(32)13-18-1-5-20(6-2-18)27(33)34/h3-4,7-10,14,18-20,26,29-30H,1-2,5-6,11-13,15-16H2,(H,33,34). The first-order chi connectivity index (χ1) is 16.5. The van der Waals surface area contributed by atoms with E-state index in [9.17, 15) is 14.7 Å². The molecule has 0 radical (unpaired) electrons. The van der Waals surface area contributed by atoms with E-state index in [4.69, 9.17) is 11.6 Å². The van der Waals surface area contributed by atoms with Crippen LogP contribution in [0.15, 0.2) is 59.5 Å². The number of halogens is 1. The highest BCUT2D eigenvalue weighted by molar-refractivity contribution is 6.30. The number of rotatable bonds is 5. The molecule has 1 amide bonds. The average Bonchev–Trinajstić information content (AvgIpc) is 2.85. The van der Waals surface area contributed by atoms with E-state index in [2.05, 4.69) is 33.7 Å². The van der Waals surface area contributed by atoms with Crippen molar-refractivity contribution >= 4 is 23.5 Å². The number of hydrogen-bond acceptors (Lipinski definition) is 4. The van der Waals surface area contributed by atoms with Crippen molar-refractivity contribution in [1.82, 2.24) is 15.5 Å². The van der Waals surface area contributed by atoms with Gasteiger partial charge in [0.2, 0.25) is 5.91 Å². The SMILES string of the molecule is O=C(O)C1CCC(CC(=O)N2CC(Cc3ccc(Cl)cc3)CC3=C4C=CNC=C4CNC32)CC1. The Kier molecular flexibility index (Phi) is 6.79. The minimum atomic E-state index is -0.701. The van der Waals surface area contributed by atoms with E-state index in [0.29, 0.717) is 25.2 Å². The minimum absolute atomic E-state index is 0.0702. The van der Waals surface area contributed by atoms with Crippen LogP contribution in [0.3, 0.4) is 0 Å². The highest BCUT2D eigenvalue weighted by Crippen LogP contribution is 2.38. The topological polar surface area (TPSA) is 81.7 Å². The zero-order valence-corrected chi connectivity index (χ0v) is 20.1. The Bertz CT molecular complexity index is 1040. The normalized spacial score (nSPS) is 28.5. The second-order valence-electron chi connectivity index (χ2n) is 10.1. The number of carbonyl (C=O) groups excluding carboxylic acids is 1. The highest BCUT2D eigenvalue weighted by Gasteiger charge is 2.39. The lowest BCUT2D eigenvalue weighted by Crippen LogP contribution is -2.57. The fraction of sp³-hybridized carbons (Fsp3) is 0.481. The van der Waals surface area contributed by atoms with Crippen molar-refractivity contribution in [1.29, 1.82) is 0 Å². The van der Waals surface area contributed by atoms with Crippen molar-refractivity contribution in [2.75, 3.05) is 13.1 Å². The smallest absolute Gasteiger partial charge is 0.306 e. The van der Waals surface area contributed by atoms with Crippen molar-refractivity contribution in [3.63, 3.8) is 0 Å². The summed E-state index contributed by atoms with van der Waals surface area (Å²) in [5.74, 6) is -0.170. The largest absolute Gasteiger partial charge is 0.481 e. The molecule has 0 bridgehead atoms. The maximum absolute atomic E-state index is 13.6. The van der Waals surface area contributed by atoms with Crippen LogP contribution in [0.2, 0.25) is 5.02 Å².